The van der Waals surface area contributed by atoms with Crippen LogP contribution in [0.1, 0.15) is 0 Å². The van der Waals surface area contributed by atoms with Crippen LogP contribution in [0.2, 0.25) is 0 Å². The summed E-state index contributed by atoms with van der Waals surface area (Å²) in [5.74, 6) is 0.749. The first-order valence-electron chi connectivity index (χ1n) is 3.69. The molecule has 0 saturated carbocycles. The van der Waals surface area contributed by atoms with Gasteiger partial charge in [0, 0.05) is 0 Å². The Morgan fingerprint density at radius 2 is 2.25 bits per heavy atom. The number of benzene rings is 1. The van der Waals surface area contributed by atoms with Crippen molar-refractivity contribution in [2.75, 3.05) is 19.0 Å². The number of hydrogen-bond donors (Lipinski definition) is 1. The van der Waals surface area contributed by atoms with E-state index in [1.54, 1.807) is 7.11 Å². The van der Waals surface area contributed by atoms with E-state index in [2.05, 4.69) is 5.32 Å². The second-order valence-electron chi connectivity index (χ2n) is 2.25. The third-order valence-electron chi connectivity index (χ3n) is 1.48. The Morgan fingerprint density at radius 1 is 1.50 bits per heavy atom. The number of ether oxygens (including phenoxy) is 1. The molecule has 0 spiro atoms. The Balaban J connectivity index is 2.74. The van der Waals surface area contributed by atoms with Crippen LogP contribution in [-0.4, -0.2) is 19.9 Å². The Labute approximate surface area is 71.4 Å². The van der Waals surface area contributed by atoms with Gasteiger partial charge in [0.05, 0.1) is 19.3 Å². The molecule has 1 N–H and O–H groups in total. The van der Waals surface area contributed by atoms with Gasteiger partial charge in [0.25, 0.3) is 0 Å². The Morgan fingerprint density at radius 3 is 2.92 bits per heavy atom. The van der Waals surface area contributed by atoms with Crippen molar-refractivity contribution < 1.29 is 9.53 Å². The molecule has 0 fully saturated rings. The lowest BCUT2D eigenvalue weighted by Crippen LogP contribution is -2.03. The number of methoxy groups -OCH3 is 1. The summed E-state index contributed by atoms with van der Waals surface area (Å²) in [7, 11) is 1.60. The van der Waals surface area contributed by atoms with Crippen LogP contribution in [-0.2, 0) is 4.79 Å². The summed E-state index contributed by atoms with van der Waals surface area (Å²) in [6.45, 7) is 0.306. The smallest absolute Gasteiger partial charge is 0.141 e. The molecule has 0 bridgehead atoms. The van der Waals surface area contributed by atoms with Gasteiger partial charge in [0.2, 0.25) is 0 Å². The maximum atomic E-state index is 10.1. The lowest BCUT2D eigenvalue weighted by Gasteiger charge is -2.07. The van der Waals surface area contributed by atoms with Gasteiger partial charge in [-0.3, -0.25) is 0 Å². The average molecular weight is 165 g/mol. The van der Waals surface area contributed by atoms with Crippen molar-refractivity contribution in [3.8, 4) is 5.75 Å². The van der Waals surface area contributed by atoms with Crippen molar-refractivity contribution in [3.05, 3.63) is 24.3 Å². The molecule has 64 valence electrons. The molecule has 12 heavy (non-hydrogen) atoms. The molecule has 0 aliphatic heterocycles. The van der Waals surface area contributed by atoms with Gasteiger partial charge in [-0.25, -0.2) is 0 Å². The van der Waals surface area contributed by atoms with Crippen LogP contribution in [0.25, 0.3) is 0 Å². The van der Waals surface area contributed by atoms with Crippen LogP contribution in [0.5, 0.6) is 5.75 Å². The van der Waals surface area contributed by atoms with Crippen LogP contribution in [0, 0.1) is 0 Å². The number of nitrogens with one attached hydrogen (secondary N) is 1. The van der Waals surface area contributed by atoms with E-state index in [0.717, 1.165) is 17.7 Å². The molecular formula is C9H11NO2. The quantitative estimate of drug-likeness (QED) is 0.683. The van der Waals surface area contributed by atoms with E-state index >= 15 is 0 Å². The maximum absolute atomic E-state index is 10.1. The zero-order valence-electron chi connectivity index (χ0n) is 6.91. The Bertz CT molecular complexity index is 260. The second kappa shape index (κ2) is 4.38. The summed E-state index contributed by atoms with van der Waals surface area (Å²) in [6.07, 6.45) is 0.812. The maximum Gasteiger partial charge on any atom is 0.141 e. The minimum Gasteiger partial charge on any atom is -0.495 e. The summed E-state index contributed by atoms with van der Waals surface area (Å²) >= 11 is 0. The van der Waals surface area contributed by atoms with E-state index < -0.39 is 0 Å². The first-order chi connectivity index (χ1) is 5.88. The zero-order valence-corrected chi connectivity index (χ0v) is 6.91. The highest BCUT2D eigenvalue weighted by Gasteiger charge is 1.97. The molecule has 3 nitrogen and oxygen atoms in total. The fraction of sp³-hybridized carbons (Fsp3) is 0.222. The number of carbonyl (C=O) groups excluding carboxylic acids is 1. The highest BCUT2D eigenvalue weighted by atomic mass is 16.5. The molecule has 0 aliphatic carbocycles. The van der Waals surface area contributed by atoms with Gasteiger partial charge < -0.3 is 14.8 Å². The van der Waals surface area contributed by atoms with Gasteiger partial charge in [-0.05, 0) is 12.1 Å². The number of anilines is 1. The summed E-state index contributed by atoms with van der Waals surface area (Å²) in [4.78, 5) is 10.1. The van der Waals surface area contributed by atoms with Crippen molar-refractivity contribution in [2.45, 2.75) is 0 Å². The van der Waals surface area contributed by atoms with E-state index in [1.165, 1.54) is 0 Å². The van der Waals surface area contributed by atoms with Crippen molar-refractivity contribution in [1.82, 2.24) is 0 Å². The topological polar surface area (TPSA) is 38.3 Å². The molecule has 0 amide bonds. The zero-order chi connectivity index (χ0) is 8.81. The monoisotopic (exact) mass is 165 g/mol. The first kappa shape index (κ1) is 8.59. The normalized spacial score (nSPS) is 9.08. The SMILES string of the molecule is COc1ccccc1NCC=O. The summed E-state index contributed by atoms with van der Waals surface area (Å²) in [6, 6.07) is 7.47. The fourth-order valence-corrected chi connectivity index (χ4v) is 0.942. The molecule has 0 heterocycles. The van der Waals surface area contributed by atoms with Gasteiger partial charge in [-0.2, -0.15) is 0 Å². The van der Waals surface area contributed by atoms with Crippen LogP contribution in [0.4, 0.5) is 5.69 Å². The molecule has 0 aromatic heterocycles. The van der Waals surface area contributed by atoms with Crippen molar-refractivity contribution in [3.63, 3.8) is 0 Å². The summed E-state index contributed by atoms with van der Waals surface area (Å²) in [5, 5.41) is 2.92. The summed E-state index contributed by atoms with van der Waals surface area (Å²) in [5.41, 5.74) is 0.840. The average Bonchev–Trinajstić information content (AvgIpc) is 2.15. The highest BCUT2D eigenvalue weighted by molar-refractivity contribution is 5.63. The van der Waals surface area contributed by atoms with Gasteiger partial charge in [-0.15, -0.1) is 0 Å². The van der Waals surface area contributed by atoms with Gasteiger partial charge >= 0.3 is 0 Å². The minimum atomic E-state index is 0.306. The number of para-hydroxylation sites is 2. The Hall–Kier alpha value is -1.51. The molecule has 0 radical (unpaired) electrons. The number of rotatable bonds is 4. The third-order valence-corrected chi connectivity index (χ3v) is 1.48. The van der Waals surface area contributed by atoms with Crippen molar-refractivity contribution in [1.29, 1.82) is 0 Å². The molecular weight excluding hydrogens is 154 g/mol. The van der Waals surface area contributed by atoms with Crippen molar-refractivity contribution in [2.24, 2.45) is 0 Å². The number of hydrogen-bond acceptors (Lipinski definition) is 3. The molecule has 0 saturated heterocycles. The van der Waals surface area contributed by atoms with Gasteiger partial charge in [0.1, 0.15) is 12.0 Å². The highest BCUT2D eigenvalue weighted by Crippen LogP contribution is 2.22. The van der Waals surface area contributed by atoms with E-state index in [-0.39, 0.29) is 0 Å². The number of aldehydes is 1. The molecule has 0 unspecified atom stereocenters. The van der Waals surface area contributed by atoms with E-state index in [1.807, 2.05) is 24.3 Å². The first-order valence-corrected chi connectivity index (χ1v) is 3.69. The van der Waals surface area contributed by atoms with E-state index in [0.29, 0.717) is 6.54 Å². The minimum absolute atomic E-state index is 0.306. The number of carbonyl (C=O) groups is 1. The molecule has 1 rings (SSSR count). The largest absolute Gasteiger partial charge is 0.495 e. The predicted octanol–water partition coefficient (Wildman–Crippen LogP) is 1.31. The van der Waals surface area contributed by atoms with Crippen LogP contribution < -0.4 is 10.1 Å². The van der Waals surface area contributed by atoms with Gasteiger partial charge in [0.15, 0.2) is 0 Å². The predicted molar refractivity (Wildman–Crippen MR) is 47.5 cm³/mol. The van der Waals surface area contributed by atoms with Crippen LogP contribution in [0.3, 0.4) is 0 Å². The molecule has 0 atom stereocenters. The van der Waals surface area contributed by atoms with E-state index in [9.17, 15) is 4.79 Å². The van der Waals surface area contributed by atoms with Crippen LogP contribution in [0.15, 0.2) is 24.3 Å². The van der Waals surface area contributed by atoms with Crippen LogP contribution >= 0.6 is 0 Å². The lowest BCUT2D eigenvalue weighted by atomic mass is 10.3. The molecule has 0 aliphatic rings. The lowest BCUT2D eigenvalue weighted by molar-refractivity contribution is -0.106. The van der Waals surface area contributed by atoms with Gasteiger partial charge in [-0.1, -0.05) is 12.1 Å². The third kappa shape index (κ3) is 1.99. The second-order valence-corrected chi connectivity index (χ2v) is 2.25. The van der Waals surface area contributed by atoms with Crippen molar-refractivity contribution >= 4 is 12.0 Å². The van der Waals surface area contributed by atoms with E-state index in [4.69, 9.17) is 4.74 Å². The Kier molecular flexibility index (Phi) is 3.14. The summed E-state index contributed by atoms with van der Waals surface area (Å²) < 4.78 is 5.06. The molecule has 1 aromatic rings. The molecule has 1 aromatic carbocycles. The molecule has 3 heteroatoms. The standard InChI is InChI=1S/C9H11NO2/c1-12-9-5-3-2-4-8(9)10-6-7-11/h2-5,7,10H,6H2,1H3. The fourth-order valence-electron chi connectivity index (χ4n) is 0.942.